The average Bonchev–Trinajstić information content (AvgIpc) is 2.41. The maximum absolute atomic E-state index is 4.30. The minimum atomic E-state index is 0.563. The van der Waals surface area contributed by atoms with Gasteiger partial charge in [0, 0.05) is 30.9 Å². The molecule has 1 aromatic rings. The maximum Gasteiger partial charge on any atom is 0.0303 e. The van der Waals surface area contributed by atoms with Crippen LogP contribution in [0.1, 0.15) is 57.4 Å². The fraction of sp³-hybridized carbons (Fsp3) is 0.688. The van der Waals surface area contributed by atoms with E-state index >= 15 is 0 Å². The normalized spacial score (nSPS) is 19.1. The molecule has 1 N–H and O–H groups in total. The second-order valence-electron chi connectivity index (χ2n) is 5.85. The average molecular weight is 246 g/mol. The van der Waals surface area contributed by atoms with E-state index in [4.69, 9.17) is 0 Å². The first-order chi connectivity index (χ1) is 8.77. The van der Waals surface area contributed by atoms with E-state index in [1.54, 1.807) is 0 Å². The Morgan fingerprint density at radius 1 is 1.28 bits per heavy atom. The van der Waals surface area contributed by atoms with Gasteiger partial charge in [0.1, 0.15) is 0 Å². The van der Waals surface area contributed by atoms with E-state index < -0.39 is 0 Å². The van der Waals surface area contributed by atoms with Gasteiger partial charge in [-0.1, -0.05) is 39.2 Å². The van der Waals surface area contributed by atoms with E-state index in [1.165, 1.54) is 37.7 Å². The van der Waals surface area contributed by atoms with E-state index in [1.807, 2.05) is 6.20 Å². The predicted octanol–water partition coefficient (Wildman–Crippen LogP) is 3.74. The summed E-state index contributed by atoms with van der Waals surface area (Å²) in [5, 5.41) is 3.61. The van der Waals surface area contributed by atoms with E-state index in [2.05, 4.69) is 42.5 Å². The second-order valence-corrected chi connectivity index (χ2v) is 5.85. The second kappa shape index (κ2) is 6.89. The first kappa shape index (κ1) is 13.5. The zero-order chi connectivity index (χ0) is 12.8. The van der Waals surface area contributed by atoms with E-state index in [-0.39, 0.29) is 0 Å². The minimum Gasteiger partial charge on any atom is -0.314 e. The molecule has 18 heavy (non-hydrogen) atoms. The standard InChI is InChI=1S/C16H26N2/c1-13(2)18-12-16(14-7-4-3-5-8-14)15-9-6-10-17-11-15/h6,9-11,13-14,16,18H,3-5,7-8,12H2,1-2H3. The molecule has 1 aliphatic carbocycles. The van der Waals surface area contributed by atoms with Gasteiger partial charge < -0.3 is 5.32 Å². The summed E-state index contributed by atoms with van der Waals surface area (Å²) < 4.78 is 0. The van der Waals surface area contributed by atoms with Crippen LogP contribution in [0.3, 0.4) is 0 Å². The summed E-state index contributed by atoms with van der Waals surface area (Å²) >= 11 is 0. The Morgan fingerprint density at radius 2 is 2.06 bits per heavy atom. The van der Waals surface area contributed by atoms with Gasteiger partial charge in [0.15, 0.2) is 0 Å². The van der Waals surface area contributed by atoms with Gasteiger partial charge in [-0.3, -0.25) is 4.98 Å². The number of hydrogen-bond acceptors (Lipinski definition) is 2. The lowest BCUT2D eigenvalue weighted by Crippen LogP contribution is -2.32. The highest BCUT2D eigenvalue weighted by Gasteiger charge is 2.25. The molecule has 1 atom stereocenters. The Balaban J connectivity index is 2.06. The molecule has 0 spiro atoms. The van der Waals surface area contributed by atoms with Crippen LogP contribution in [0.25, 0.3) is 0 Å². The molecule has 1 saturated carbocycles. The van der Waals surface area contributed by atoms with E-state index in [0.29, 0.717) is 12.0 Å². The molecule has 1 aromatic heterocycles. The Morgan fingerprint density at radius 3 is 2.67 bits per heavy atom. The number of pyridine rings is 1. The van der Waals surface area contributed by atoms with Crippen molar-refractivity contribution >= 4 is 0 Å². The van der Waals surface area contributed by atoms with Gasteiger partial charge in [-0.25, -0.2) is 0 Å². The smallest absolute Gasteiger partial charge is 0.0303 e. The Labute approximate surface area is 111 Å². The predicted molar refractivity (Wildman–Crippen MR) is 76.7 cm³/mol. The first-order valence-corrected chi connectivity index (χ1v) is 7.40. The largest absolute Gasteiger partial charge is 0.314 e. The number of nitrogens with one attached hydrogen (secondary N) is 1. The molecule has 100 valence electrons. The lowest BCUT2D eigenvalue weighted by Gasteiger charge is -2.31. The maximum atomic E-state index is 4.30. The molecular weight excluding hydrogens is 220 g/mol. The van der Waals surface area contributed by atoms with E-state index in [9.17, 15) is 0 Å². The monoisotopic (exact) mass is 246 g/mol. The summed E-state index contributed by atoms with van der Waals surface area (Å²) in [7, 11) is 0. The van der Waals surface area contributed by atoms with Gasteiger partial charge in [0.05, 0.1) is 0 Å². The topological polar surface area (TPSA) is 24.9 Å². The molecule has 0 aromatic carbocycles. The van der Waals surface area contributed by atoms with Crippen LogP contribution in [0.2, 0.25) is 0 Å². The summed E-state index contributed by atoms with van der Waals surface area (Å²) in [6.45, 7) is 5.54. The summed E-state index contributed by atoms with van der Waals surface area (Å²) in [5.41, 5.74) is 1.41. The van der Waals surface area contributed by atoms with Gasteiger partial charge in [0.2, 0.25) is 0 Å². The molecule has 2 rings (SSSR count). The van der Waals surface area contributed by atoms with Crippen molar-refractivity contribution in [3.63, 3.8) is 0 Å². The van der Waals surface area contributed by atoms with Crippen LogP contribution in [-0.4, -0.2) is 17.6 Å². The van der Waals surface area contributed by atoms with Crippen molar-refractivity contribution < 1.29 is 0 Å². The number of hydrogen-bond donors (Lipinski definition) is 1. The molecule has 1 fully saturated rings. The quantitative estimate of drug-likeness (QED) is 0.856. The molecule has 0 radical (unpaired) electrons. The third-order valence-corrected chi connectivity index (χ3v) is 4.08. The Bertz CT molecular complexity index is 328. The van der Waals surface area contributed by atoms with Gasteiger partial charge >= 0.3 is 0 Å². The molecule has 2 heteroatoms. The van der Waals surface area contributed by atoms with Crippen molar-refractivity contribution in [2.24, 2.45) is 5.92 Å². The van der Waals surface area contributed by atoms with Crippen molar-refractivity contribution in [2.75, 3.05) is 6.54 Å². The zero-order valence-corrected chi connectivity index (χ0v) is 11.7. The van der Waals surface area contributed by atoms with Crippen LogP contribution in [0.15, 0.2) is 24.5 Å². The number of nitrogens with zero attached hydrogens (tertiary/aromatic N) is 1. The molecule has 0 aliphatic heterocycles. The van der Waals surface area contributed by atoms with E-state index in [0.717, 1.165) is 12.5 Å². The molecule has 1 heterocycles. The van der Waals surface area contributed by atoms with Crippen LogP contribution in [-0.2, 0) is 0 Å². The van der Waals surface area contributed by atoms with Crippen molar-refractivity contribution in [3.8, 4) is 0 Å². The van der Waals surface area contributed by atoms with Crippen LogP contribution >= 0.6 is 0 Å². The van der Waals surface area contributed by atoms with Crippen LogP contribution in [0.5, 0.6) is 0 Å². The SMILES string of the molecule is CC(C)NCC(c1cccnc1)C1CCCCC1. The van der Waals surface area contributed by atoms with Crippen molar-refractivity contribution in [1.29, 1.82) is 0 Å². The van der Waals surface area contributed by atoms with Crippen LogP contribution < -0.4 is 5.32 Å². The highest BCUT2D eigenvalue weighted by Crippen LogP contribution is 2.35. The van der Waals surface area contributed by atoms with Gasteiger partial charge in [-0.15, -0.1) is 0 Å². The first-order valence-electron chi connectivity index (χ1n) is 7.40. The summed E-state index contributed by atoms with van der Waals surface area (Å²) in [5.74, 6) is 1.48. The van der Waals surface area contributed by atoms with Crippen molar-refractivity contribution in [1.82, 2.24) is 10.3 Å². The van der Waals surface area contributed by atoms with Crippen molar-refractivity contribution in [3.05, 3.63) is 30.1 Å². The summed E-state index contributed by atoms with van der Waals surface area (Å²) in [4.78, 5) is 4.30. The lowest BCUT2D eigenvalue weighted by molar-refractivity contribution is 0.293. The molecule has 1 aliphatic rings. The third kappa shape index (κ3) is 3.81. The highest BCUT2D eigenvalue weighted by atomic mass is 14.9. The van der Waals surface area contributed by atoms with Gasteiger partial charge in [-0.2, -0.15) is 0 Å². The van der Waals surface area contributed by atoms with Crippen LogP contribution in [0.4, 0.5) is 0 Å². The number of rotatable bonds is 5. The lowest BCUT2D eigenvalue weighted by atomic mass is 9.77. The summed E-state index contributed by atoms with van der Waals surface area (Å²) in [6.07, 6.45) is 10.9. The molecule has 0 bridgehead atoms. The minimum absolute atomic E-state index is 0.563. The highest BCUT2D eigenvalue weighted by molar-refractivity contribution is 5.16. The fourth-order valence-electron chi connectivity index (χ4n) is 3.05. The van der Waals surface area contributed by atoms with Crippen molar-refractivity contribution in [2.45, 2.75) is 57.9 Å². The van der Waals surface area contributed by atoms with Crippen LogP contribution in [0, 0.1) is 5.92 Å². The molecular formula is C16H26N2. The molecule has 0 saturated heterocycles. The van der Waals surface area contributed by atoms with Gasteiger partial charge in [-0.05, 0) is 30.4 Å². The fourth-order valence-corrected chi connectivity index (χ4v) is 3.05. The molecule has 0 amide bonds. The third-order valence-electron chi connectivity index (χ3n) is 4.08. The number of aromatic nitrogens is 1. The zero-order valence-electron chi connectivity index (χ0n) is 11.7. The Hall–Kier alpha value is -0.890. The summed E-state index contributed by atoms with van der Waals surface area (Å²) in [6, 6.07) is 4.88. The Kier molecular flexibility index (Phi) is 5.18. The molecule has 2 nitrogen and oxygen atoms in total. The molecule has 1 unspecified atom stereocenters. The van der Waals surface area contributed by atoms with Gasteiger partial charge in [0.25, 0.3) is 0 Å².